The number of hydrogen-bond acceptors (Lipinski definition) is 6. The molecule has 0 radical (unpaired) electrons. The minimum absolute atomic E-state index is 0.00903. The Kier molecular flexibility index (Phi) is 7.49. The Morgan fingerprint density at radius 1 is 1.06 bits per heavy atom. The summed E-state index contributed by atoms with van der Waals surface area (Å²) in [6.07, 6.45) is -1.67. The molecule has 1 amide bonds. The van der Waals surface area contributed by atoms with Gasteiger partial charge in [0.15, 0.2) is 11.0 Å². The molecule has 164 valence electrons. The van der Waals surface area contributed by atoms with Gasteiger partial charge in [-0.3, -0.25) is 14.3 Å². The van der Waals surface area contributed by atoms with Gasteiger partial charge in [-0.15, -0.1) is 10.2 Å². The van der Waals surface area contributed by atoms with Crippen LogP contribution < -0.4 is 5.32 Å². The number of nitrogens with zero attached hydrogens (tertiary/aromatic N) is 4. The zero-order valence-electron chi connectivity index (χ0n) is 15.5. The van der Waals surface area contributed by atoms with Crippen LogP contribution >= 0.6 is 23.5 Å². The van der Waals surface area contributed by atoms with Gasteiger partial charge in [-0.2, -0.15) is 22.0 Å². The first kappa shape index (κ1) is 23.0. The van der Waals surface area contributed by atoms with Crippen molar-refractivity contribution in [2.24, 2.45) is 0 Å². The second-order valence-corrected chi connectivity index (χ2v) is 7.99. The molecular formula is C18H14F5N5OS2. The monoisotopic (exact) mass is 475 g/mol. The third-order valence-corrected chi connectivity index (χ3v) is 5.38. The van der Waals surface area contributed by atoms with E-state index in [-0.39, 0.29) is 16.7 Å². The molecule has 1 aromatic carbocycles. The minimum atomic E-state index is -4.51. The van der Waals surface area contributed by atoms with E-state index in [4.69, 9.17) is 0 Å². The minimum Gasteiger partial charge on any atom is -0.325 e. The SMILES string of the molecule is O=C(CSc1nnc(-c2ccncc2)n1CC(F)(F)F)Nc1ccc(SC(F)F)cc1. The molecule has 0 aliphatic heterocycles. The van der Waals surface area contributed by atoms with Crippen molar-refractivity contribution in [3.8, 4) is 11.4 Å². The molecule has 6 nitrogen and oxygen atoms in total. The van der Waals surface area contributed by atoms with Crippen LogP contribution in [-0.2, 0) is 11.3 Å². The van der Waals surface area contributed by atoms with Gasteiger partial charge in [0.25, 0.3) is 5.76 Å². The fourth-order valence-electron chi connectivity index (χ4n) is 2.48. The number of carbonyl (C=O) groups is 1. The van der Waals surface area contributed by atoms with E-state index in [2.05, 4.69) is 20.5 Å². The fourth-order valence-corrected chi connectivity index (χ4v) is 3.72. The van der Waals surface area contributed by atoms with Crippen LogP contribution in [0.4, 0.5) is 27.6 Å². The number of rotatable bonds is 8. The lowest BCUT2D eigenvalue weighted by atomic mass is 10.2. The number of anilines is 1. The Labute approximate surface area is 181 Å². The van der Waals surface area contributed by atoms with E-state index in [1.54, 1.807) is 0 Å². The largest absolute Gasteiger partial charge is 0.406 e. The van der Waals surface area contributed by atoms with Crippen LogP contribution in [0.15, 0.2) is 58.8 Å². The van der Waals surface area contributed by atoms with Gasteiger partial charge < -0.3 is 5.32 Å². The smallest absolute Gasteiger partial charge is 0.325 e. The number of amides is 1. The normalized spacial score (nSPS) is 11.7. The molecule has 0 atom stereocenters. The Bertz CT molecular complexity index is 1010. The zero-order chi connectivity index (χ0) is 22.4. The van der Waals surface area contributed by atoms with Crippen molar-refractivity contribution in [1.82, 2.24) is 19.7 Å². The number of aromatic nitrogens is 4. The topological polar surface area (TPSA) is 72.7 Å². The molecule has 0 fully saturated rings. The van der Waals surface area contributed by atoms with Crippen LogP contribution in [0.2, 0.25) is 0 Å². The van der Waals surface area contributed by atoms with Crippen LogP contribution in [-0.4, -0.2) is 43.3 Å². The van der Waals surface area contributed by atoms with Gasteiger partial charge >= 0.3 is 6.18 Å². The van der Waals surface area contributed by atoms with Gasteiger partial charge in [0.1, 0.15) is 6.54 Å². The van der Waals surface area contributed by atoms with Crippen molar-refractivity contribution in [2.45, 2.75) is 28.5 Å². The van der Waals surface area contributed by atoms with Crippen LogP contribution in [0, 0.1) is 0 Å². The second kappa shape index (κ2) is 10.1. The maximum Gasteiger partial charge on any atom is 0.406 e. The molecule has 31 heavy (non-hydrogen) atoms. The molecule has 1 N–H and O–H groups in total. The summed E-state index contributed by atoms with van der Waals surface area (Å²) in [5.41, 5.74) is 0.781. The van der Waals surface area contributed by atoms with Crippen LogP contribution in [0.5, 0.6) is 0 Å². The Morgan fingerprint density at radius 2 is 1.74 bits per heavy atom. The highest BCUT2D eigenvalue weighted by Crippen LogP contribution is 2.29. The maximum atomic E-state index is 13.1. The fraction of sp³-hybridized carbons (Fsp3) is 0.222. The summed E-state index contributed by atoms with van der Waals surface area (Å²) in [7, 11) is 0. The molecule has 0 bridgehead atoms. The lowest BCUT2D eigenvalue weighted by Crippen LogP contribution is -2.20. The Balaban J connectivity index is 1.68. The number of hydrogen-bond donors (Lipinski definition) is 1. The number of alkyl halides is 5. The molecule has 13 heteroatoms. The first-order valence-electron chi connectivity index (χ1n) is 8.59. The van der Waals surface area contributed by atoms with Gasteiger partial charge in [0, 0.05) is 28.5 Å². The lowest BCUT2D eigenvalue weighted by molar-refractivity contribution is -0.141. The Morgan fingerprint density at radius 3 is 2.35 bits per heavy atom. The lowest BCUT2D eigenvalue weighted by Gasteiger charge is -2.12. The molecular weight excluding hydrogens is 461 g/mol. The highest BCUT2D eigenvalue weighted by atomic mass is 32.2. The standard InChI is InChI=1S/C18H14F5N5OS2/c19-16(20)31-13-3-1-12(2-4-13)25-14(29)9-30-17-27-26-15(11-5-7-24-8-6-11)28(17)10-18(21,22)23/h1-8,16H,9-10H2,(H,25,29). The molecule has 0 saturated heterocycles. The third kappa shape index (κ3) is 6.92. The summed E-state index contributed by atoms with van der Waals surface area (Å²) in [6, 6.07) is 8.80. The number of carbonyl (C=O) groups excluding carboxylic acids is 1. The zero-order valence-corrected chi connectivity index (χ0v) is 17.1. The highest BCUT2D eigenvalue weighted by molar-refractivity contribution is 8.00. The first-order valence-corrected chi connectivity index (χ1v) is 10.5. The molecule has 2 aromatic heterocycles. The number of pyridine rings is 1. The quantitative estimate of drug-likeness (QED) is 0.367. The van der Waals surface area contributed by atoms with Crippen LogP contribution in [0.3, 0.4) is 0 Å². The van der Waals surface area contributed by atoms with E-state index < -0.39 is 24.4 Å². The average molecular weight is 475 g/mol. The number of halogens is 5. The molecule has 0 unspecified atom stereocenters. The van der Waals surface area contributed by atoms with Gasteiger partial charge in [-0.1, -0.05) is 23.5 Å². The summed E-state index contributed by atoms with van der Waals surface area (Å²) < 4.78 is 64.8. The van der Waals surface area contributed by atoms with Crippen LogP contribution in [0.1, 0.15) is 0 Å². The van der Waals surface area contributed by atoms with Crippen molar-refractivity contribution in [2.75, 3.05) is 11.1 Å². The summed E-state index contributed by atoms with van der Waals surface area (Å²) >= 11 is 1.18. The van der Waals surface area contributed by atoms with E-state index in [0.717, 1.165) is 16.3 Å². The number of nitrogens with one attached hydrogen (secondary N) is 1. The molecule has 2 heterocycles. The predicted molar refractivity (Wildman–Crippen MR) is 107 cm³/mol. The van der Waals surface area contributed by atoms with Gasteiger partial charge in [0.05, 0.1) is 5.75 Å². The van der Waals surface area contributed by atoms with E-state index in [0.29, 0.717) is 27.9 Å². The summed E-state index contributed by atoms with van der Waals surface area (Å²) in [5.74, 6) is -3.26. The van der Waals surface area contributed by atoms with Crippen molar-refractivity contribution in [3.05, 3.63) is 48.8 Å². The van der Waals surface area contributed by atoms with E-state index in [1.165, 1.54) is 48.8 Å². The second-order valence-electron chi connectivity index (χ2n) is 5.98. The molecule has 0 saturated carbocycles. The first-order chi connectivity index (χ1) is 14.7. The summed E-state index contributed by atoms with van der Waals surface area (Å²) in [4.78, 5) is 16.3. The average Bonchev–Trinajstić information content (AvgIpc) is 3.09. The van der Waals surface area contributed by atoms with Gasteiger partial charge in [0.2, 0.25) is 5.91 Å². The summed E-state index contributed by atoms with van der Waals surface area (Å²) in [5, 5.41) is 10.1. The van der Waals surface area contributed by atoms with Crippen molar-refractivity contribution in [3.63, 3.8) is 0 Å². The van der Waals surface area contributed by atoms with Crippen LogP contribution in [0.25, 0.3) is 11.4 Å². The van der Waals surface area contributed by atoms with Crippen molar-refractivity contribution >= 4 is 35.1 Å². The molecule has 0 spiro atoms. The Hall–Kier alpha value is -2.67. The number of benzene rings is 1. The maximum absolute atomic E-state index is 13.1. The number of thioether (sulfide) groups is 2. The molecule has 3 aromatic rings. The van der Waals surface area contributed by atoms with Gasteiger partial charge in [-0.05, 0) is 36.4 Å². The van der Waals surface area contributed by atoms with E-state index in [1.807, 2.05) is 0 Å². The molecule has 0 aliphatic carbocycles. The van der Waals surface area contributed by atoms with Crippen molar-refractivity contribution < 1.29 is 26.7 Å². The summed E-state index contributed by atoms with van der Waals surface area (Å²) in [6.45, 7) is -1.31. The molecule has 3 rings (SSSR count). The van der Waals surface area contributed by atoms with E-state index >= 15 is 0 Å². The molecule has 0 aliphatic rings. The highest BCUT2D eigenvalue weighted by Gasteiger charge is 2.31. The third-order valence-electron chi connectivity index (χ3n) is 3.69. The van der Waals surface area contributed by atoms with Crippen molar-refractivity contribution in [1.29, 1.82) is 0 Å². The van der Waals surface area contributed by atoms with E-state index in [9.17, 15) is 26.7 Å². The van der Waals surface area contributed by atoms with Gasteiger partial charge in [-0.25, -0.2) is 0 Å². The predicted octanol–water partition coefficient (Wildman–Crippen LogP) is 4.95.